The van der Waals surface area contributed by atoms with E-state index in [0.29, 0.717) is 18.1 Å². The first kappa shape index (κ1) is 11.7. The van der Waals surface area contributed by atoms with Crippen LogP contribution in [0.25, 0.3) is 0 Å². The van der Waals surface area contributed by atoms with Gasteiger partial charge in [0, 0.05) is 0 Å². The van der Waals surface area contributed by atoms with E-state index in [0.717, 1.165) is 6.42 Å². The van der Waals surface area contributed by atoms with Gasteiger partial charge in [0.15, 0.2) is 0 Å². The van der Waals surface area contributed by atoms with Crippen LogP contribution in [-0.4, -0.2) is 12.2 Å². The number of rotatable bonds is 3. The molecular formula is C15H22O. The van der Waals surface area contributed by atoms with Crippen molar-refractivity contribution in [3.8, 4) is 0 Å². The molecule has 1 nitrogen and oxygen atoms in total. The monoisotopic (exact) mass is 218 g/mol. The van der Waals surface area contributed by atoms with E-state index in [-0.39, 0.29) is 0 Å². The molecule has 3 unspecified atom stereocenters. The van der Waals surface area contributed by atoms with Crippen LogP contribution in [0, 0.1) is 20.8 Å². The summed E-state index contributed by atoms with van der Waals surface area (Å²) in [6, 6.07) is 4.58. The summed E-state index contributed by atoms with van der Waals surface area (Å²) in [5, 5.41) is 0. The molecule has 1 aliphatic rings. The third-order valence-corrected chi connectivity index (χ3v) is 3.65. The minimum atomic E-state index is 0.480. The average molecular weight is 218 g/mol. The summed E-state index contributed by atoms with van der Waals surface area (Å²) in [7, 11) is 0. The Hall–Kier alpha value is -0.820. The van der Waals surface area contributed by atoms with Crippen LogP contribution in [-0.2, 0) is 4.74 Å². The van der Waals surface area contributed by atoms with Crippen molar-refractivity contribution in [1.82, 2.24) is 0 Å². The summed E-state index contributed by atoms with van der Waals surface area (Å²) < 4.78 is 5.51. The Bertz CT molecular complexity index is 371. The van der Waals surface area contributed by atoms with Gasteiger partial charge in [-0.2, -0.15) is 0 Å². The lowest BCUT2D eigenvalue weighted by Gasteiger charge is -2.17. The van der Waals surface area contributed by atoms with Crippen molar-refractivity contribution in [2.45, 2.75) is 59.2 Å². The van der Waals surface area contributed by atoms with Gasteiger partial charge >= 0.3 is 0 Å². The van der Waals surface area contributed by atoms with Crippen LogP contribution in [0.3, 0.4) is 0 Å². The Morgan fingerprint density at radius 3 is 2.12 bits per heavy atom. The van der Waals surface area contributed by atoms with Gasteiger partial charge in [0.05, 0.1) is 12.2 Å². The van der Waals surface area contributed by atoms with Crippen molar-refractivity contribution < 1.29 is 4.74 Å². The van der Waals surface area contributed by atoms with Crippen LogP contribution in [0.15, 0.2) is 12.1 Å². The number of benzene rings is 1. The van der Waals surface area contributed by atoms with Crippen LogP contribution in [0.5, 0.6) is 0 Å². The molecule has 0 amide bonds. The SMILES string of the molecule is Cc1cc(C)c(C(C)CC2OC2C)c(C)c1. The molecule has 1 saturated heterocycles. The maximum Gasteiger partial charge on any atom is 0.0844 e. The molecule has 0 aliphatic carbocycles. The number of hydrogen-bond acceptors (Lipinski definition) is 1. The second-order valence-corrected chi connectivity index (χ2v) is 5.33. The fraction of sp³-hybridized carbons (Fsp3) is 0.600. The van der Waals surface area contributed by atoms with E-state index in [4.69, 9.17) is 4.74 Å². The van der Waals surface area contributed by atoms with Crippen molar-refractivity contribution in [2.75, 3.05) is 0 Å². The van der Waals surface area contributed by atoms with Crippen molar-refractivity contribution >= 4 is 0 Å². The normalized spacial score (nSPS) is 25.6. The summed E-state index contributed by atoms with van der Waals surface area (Å²) >= 11 is 0. The quantitative estimate of drug-likeness (QED) is 0.701. The van der Waals surface area contributed by atoms with Crippen LogP contribution >= 0.6 is 0 Å². The molecule has 1 aromatic rings. The predicted molar refractivity (Wildman–Crippen MR) is 68.0 cm³/mol. The van der Waals surface area contributed by atoms with Crippen molar-refractivity contribution in [3.63, 3.8) is 0 Å². The maximum atomic E-state index is 5.51. The first-order chi connectivity index (χ1) is 7.49. The van der Waals surface area contributed by atoms with Gasteiger partial charge in [-0.25, -0.2) is 0 Å². The van der Waals surface area contributed by atoms with E-state index in [9.17, 15) is 0 Å². The standard InChI is InChI=1S/C15H22O/c1-9-6-10(2)15(11(3)7-9)12(4)8-14-13(5)16-14/h6-7,12-14H,8H2,1-5H3. The highest BCUT2D eigenvalue weighted by atomic mass is 16.6. The Labute approximate surface area is 98.8 Å². The van der Waals surface area contributed by atoms with Gasteiger partial charge < -0.3 is 4.74 Å². The molecule has 0 aromatic heterocycles. The Morgan fingerprint density at radius 1 is 1.19 bits per heavy atom. The topological polar surface area (TPSA) is 12.5 Å². The summed E-state index contributed by atoms with van der Waals surface area (Å²) in [6.45, 7) is 11.1. The molecule has 1 aliphatic heterocycles. The highest BCUT2D eigenvalue weighted by Crippen LogP contribution is 2.35. The summed E-state index contributed by atoms with van der Waals surface area (Å²) in [6.07, 6.45) is 2.13. The largest absolute Gasteiger partial charge is 0.370 e. The number of aryl methyl sites for hydroxylation is 3. The number of epoxide rings is 1. The molecule has 1 heteroatoms. The van der Waals surface area contributed by atoms with Gasteiger partial charge in [0.2, 0.25) is 0 Å². The second kappa shape index (κ2) is 4.21. The third-order valence-electron chi connectivity index (χ3n) is 3.65. The second-order valence-electron chi connectivity index (χ2n) is 5.33. The molecule has 0 spiro atoms. The van der Waals surface area contributed by atoms with E-state index in [2.05, 4.69) is 46.8 Å². The molecule has 1 fully saturated rings. The van der Waals surface area contributed by atoms with Crippen LogP contribution in [0.2, 0.25) is 0 Å². The lowest BCUT2D eigenvalue weighted by molar-refractivity contribution is 0.362. The first-order valence-corrected chi connectivity index (χ1v) is 6.22. The number of ether oxygens (including phenoxy) is 1. The zero-order valence-electron chi connectivity index (χ0n) is 11.0. The maximum absolute atomic E-state index is 5.51. The van der Waals surface area contributed by atoms with E-state index >= 15 is 0 Å². The molecule has 3 atom stereocenters. The minimum absolute atomic E-state index is 0.480. The fourth-order valence-electron chi connectivity index (χ4n) is 2.91. The number of hydrogen-bond donors (Lipinski definition) is 0. The molecule has 1 heterocycles. The molecule has 2 rings (SSSR count). The van der Waals surface area contributed by atoms with E-state index in [1.54, 1.807) is 0 Å². The lowest BCUT2D eigenvalue weighted by atomic mass is 9.87. The van der Waals surface area contributed by atoms with Crippen LogP contribution < -0.4 is 0 Å². The van der Waals surface area contributed by atoms with Gasteiger partial charge in [-0.05, 0) is 56.7 Å². The fourth-order valence-corrected chi connectivity index (χ4v) is 2.91. The Morgan fingerprint density at radius 2 is 1.69 bits per heavy atom. The van der Waals surface area contributed by atoms with Gasteiger partial charge in [-0.1, -0.05) is 24.6 Å². The van der Waals surface area contributed by atoms with E-state index in [1.807, 2.05) is 0 Å². The summed E-state index contributed by atoms with van der Waals surface area (Å²) in [4.78, 5) is 0. The summed E-state index contributed by atoms with van der Waals surface area (Å²) in [5.41, 5.74) is 5.74. The van der Waals surface area contributed by atoms with Crippen molar-refractivity contribution in [2.24, 2.45) is 0 Å². The first-order valence-electron chi connectivity index (χ1n) is 6.22. The van der Waals surface area contributed by atoms with Gasteiger partial charge in [-0.15, -0.1) is 0 Å². The van der Waals surface area contributed by atoms with Crippen LogP contribution in [0.1, 0.15) is 48.4 Å². The minimum Gasteiger partial charge on any atom is -0.370 e. The highest BCUT2D eigenvalue weighted by molar-refractivity contribution is 5.39. The average Bonchev–Trinajstić information content (AvgIpc) is 2.79. The third kappa shape index (κ3) is 2.30. The smallest absolute Gasteiger partial charge is 0.0844 e. The predicted octanol–water partition coefficient (Wildman–Crippen LogP) is 3.89. The van der Waals surface area contributed by atoms with Gasteiger partial charge in [0.1, 0.15) is 0 Å². The molecule has 0 radical (unpaired) electrons. The molecule has 0 saturated carbocycles. The lowest BCUT2D eigenvalue weighted by Crippen LogP contribution is -2.04. The molecular weight excluding hydrogens is 196 g/mol. The molecule has 0 N–H and O–H groups in total. The molecule has 16 heavy (non-hydrogen) atoms. The van der Waals surface area contributed by atoms with Gasteiger partial charge in [0.25, 0.3) is 0 Å². The molecule has 88 valence electrons. The van der Waals surface area contributed by atoms with E-state index in [1.165, 1.54) is 22.3 Å². The zero-order valence-corrected chi connectivity index (χ0v) is 11.0. The summed E-state index contributed by atoms with van der Waals surface area (Å²) in [5.74, 6) is 0.607. The Kier molecular flexibility index (Phi) is 3.07. The molecule has 1 aromatic carbocycles. The Balaban J connectivity index is 2.18. The van der Waals surface area contributed by atoms with E-state index < -0.39 is 0 Å². The molecule has 0 bridgehead atoms. The zero-order chi connectivity index (χ0) is 11.9. The van der Waals surface area contributed by atoms with Crippen molar-refractivity contribution in [1.29, 1.82) is 0 Å². The van der Waals surface area contributed by atoms with Crippen molar-refractivity contribution in [3.05, 3.63) is 34.4 Å². The van der Waals surface area contributed by atoms with Crippen LogP contribution in [0.4, 0.5) is 0 Å². The highest BCUT2D eigenvalue weighted by Gasteiger charge is 2.35. The van der Waals surface area contributed by atoms with Gasteiger partial charge in [-0.3, -0.25) is 0 Å².